The van der Waals surface area contributed by atoms with Crippen molar-refractivity contribution in [2.75, 3.05) is 26.2 Å². The van der Waals surface area contributed by atoms with E-state index in [1.807, 2.05) is 4.90 Å². The van der Waals surface area contributed by atoms with Gasteiger partial charge in [0.05, 0.1) is 6.10 Å². The van der Waals surface area contributed by atoms with E-state index in [0.717, 1.165) is 19.5 Å². The molecule has 6 nitrogen and oxygen atoms in total. The van der Waals surface area contributed by atoms with Crippen molar-refractivity contribution < 1.29 is 14.7 Å². The minimum Gasteiger partial charge on any atom is -0.391 e. The normalized spacial score (nSPS) is 22.6. The minimum atomic E-state index is -0.398. The van der Waals surface area contributed by atoms with Crippen LogP contribution in [0.4, 0.5) is 0 Å². The summed E-state index contributed by atoms with van der Waals surface area (Å²) in [5.41, 5.74) is 1.24. The average Bonchev–Trinajstić information content (AvgIpc) is 3.18. The summed E-state index contributed by atoms with van der Waals surface area (Å²) >= 11 is 1.75. The van der Waals surface area contributed by atoms with Crippen LogP contribution in [0.1, 0.15) is 23.3 Å². The van der Waals surface area contributed by atoms with E-state index in [1.165, 1.54) is 10.4 Å². The fourth-order valence-electron chi connectivity index (χ4n) is 3.10. The largest absolute Gasteiger partial charge is 0.391 e. The minimum absolute atomic E-state index is 0. The molecule has 2 amide bonds. The van der Waals surface area contributed by atoms with Gasteiger partial charge in [-0.3, -0.25) is 9.59 Å². The maximum atomic E-state index is 12.2. The van der Waals surface area contributed by atoms with Gasteiger partial charge in [-0.15, -0.1) is 23.7 Å². The number of amides is 2. The predicted octanol–water partition coefficient (Wildman–Crippen LogP) is 0.531. The molecule has 3 rings (SSSR count). The smallest absolute Gasteiger partial charge is 0.223 e. The zero-order valence-corrected chi connectivity index (χ0v) is 15.1. The van der Waals surface area contributed by atoms with Crippen LogP contribution in [0, 0.1) is 5.92 Å². The zero-order chi connectivity index (χ0) is 16.2. The van der Waals surface area contributed by atoms with E-state index in [-0.39, 0.29) is 43.0 Å². The van der Waals surface area contributed by atoms with E-state index in [2.05, 4.69) is 22.1 Å². The number of aliphatic hydroxyl groups is 1. The number of thiophene rings is 1. The quantitative estimate of drug-likeness (QED) is 0.703. The summed E-state index contributed by atoms with van der Waals surface area (Å²) in [7, 11) is 0. The SMILES string of the molecule is Cl.O=C(CCC(=O)N1CCc2sccc2C1)NCC1CNCC1O. The Morgan fingerprint density at radius 2 is 2.21 bits per heavy atom. The Morgan fingerprint density at radius 3 is 2.96 bits per heavy atom. The van der Waals surface area contributed by atoms with Crippen molar-refractivity contribution in [2.45, 2.75) is 31.9 Å². The number of hydrogen-bond donors (Lipinski definition) is 3. The van der Waals surface area contributed by atoms with Crippen molar-refractivity contribution in [3.05, 3.63) is 21.9 Å². The average molecular weight is 374 g/mol. The number of hydrogen-bond acceptors (Lipinski definition) is 5. The van der Waals surface area contributed by atoms with E-state index in [1.54, 1.807) is 11.3 Å². The molecule has 3 N–H and O–H groups in total. The molecule has 0 spiro atoms. The van der Waals surface area contributed by atoms with Gasteiger partial charge in [0.2, 0.25) is 11.8 Å². The molecule has 24 heavy (non-hydrogen) atoms. The number of nitrogens with zero attached hydrogens (tertiary/aromatic N) is 1. The number of rotatable bonds is 5. The molecule has 0 aliphatic carbocycles. The van der Waals surface area contributed by atoms with Crippen LogP contribution >= 0.6 is 23.7 Å². The molecule has 1 aromatic rings. The van der Waals surface area contributed by atoms with Gasteiger partial charge in [0, 0.05) is 56.4 Å². The summed E-state index contributed by atoms with van der Waals surface area (Å²) in [5, 5.41) is 17.6. The number of nitrogens with one attached hydrogen (secondary N) is 2. The molecular formula is C16H24ClN3O3S. The molecular weight excluding hydrogens is 350 g/mol. The fourth-order valence-corrected chi connectivity index (χ4v) is 3.99. The highest BCUT2D eigenvalue weighted by molar-refractivity contribution is 7.10. The first kappa shape index (κ1) is 19.2. The van der Waals surface area contributed by atoms with Crippen molar-refractivity contribution in [1.82, 2.24) is 15.5 Å². The highest BCUT2D eigenvalue weighted by Crippen LogP contribution is 2.24. The highest BCUT2D eigenvalue weighted by Gasteiger charge is 2.25. The summed E-state index contributed by atoms with van der Waals surface area (Å²) < 4.78 is 0. The Kier molecular flexibility index (Phi) is 7.03. The van der Waals surface area contributed by atoms with E-state index >= 15 is 0 Å². The number of carbonyl (C=O) groups is 2. The summed E-state index contributed by atoms with van der Waals surface area (Å²) in [6, 6.07) is 2.08. The third kappa shape index (κ3) is 4.69. The topological polar surface area (TPSA) is 81.7 Å². The molecule has 2 unspecified atom stereocenters. The van der Waals surface area contributed by atoms with Crippen LogP contribution in [-0.2, 0) is 22.6 Å². The van der Waals surface area contributed by atoms with E-state index in [0.29, 0.717) is 19.6 Å². The van der Waals surface area contributed by atoms with Gasteiger partial charge >= 0.3 is 0 Å². The second-order valence-electron chi connectivity index (χ2n) is 6.22. The lowest BCUT2D eigenvalue weighted by molar-refractivity contribution is -0.134. The van der Waals surface area contributed by atoms with Crippen molar-refractivity contribution in [2.24, 2.45) is 5.92 Å². The summed E-state index contributed by atoms with van der Waals surface area (Å²) in [5.74, 6) is -0.0148. The molecule has 2 atom stereocenters. The first-order valence-electron chi connectivity index (χ1n) is 8.12. The summed E-state index contributed by atoms with van der Waals surface area (Å²) in [6.45, 7) is 3.17. The molecule has 0 aromatic carbocycles. The highest BCUT2D eigenvalue weighted by atomic mass is 35.5. The fraction of sp³-hybridized carbons (Fsp3) is 0.625. The number of carbonyl (C=O) groups excluding carboxylic acids is 2. The van der Waals surface area contributed by atoms with Crippen LogP contribution in [0.2, 0.25) is 0 Å². The summed E-state index contributed by atoms with van der Waals surface area (Å²) in [4.78, 5) is 27.3. The van der Waals surface area contributed by atoms with Gasteiger partial charge in [-0.2, -0.15) is 0 Å². The third-order valence-corrected chi connectivity index (χ3v) is 5.61. The zero-order valence-electron chi connectivity index (χ0n) is 13.5. The molecule has 1 saturated heterocycles. The van der Waals surface area contributed by atoms with Crippen molar-refractivity contribution in [3.8, 4) is 0 Å². The molecule has 0 radical (unpaired) electrons. The number of halogens is 1. The molecule has 3 heterocycles. The van der Waals surface area contributed by atoms with Crippen molar-refractivity contribution >= 4 is 35.6 Å². The Labute approximate surface area is 152 Å². The number of fused-ring (bicyclic) bond motifs is 1. The van der Waals surface area contributed by atoms with E-state index in [9.17, 15) is 14.7 Å². The Hall–Kier alpha value is -1.15. The Bertz CT molecular complexity index is 581. The maximum Gasteiger partial charge on any atom is 0.223 e. The van der Waals surface area contributed by atoms with Crippen LogP contribution in [0.3, 0.4) is 0 Å². The molecule has 0 bridgehead atoms. The van der Waals surface area contributed by atoms with Gasteiger partial charge < -0.3 is 20.6 Å². The summed E-state index contributed by atoms with van der Waals surface area (Å²) in [6.07, 6.45) is 0.973. The van der Waals surface area contributed by atoms with E-state index < -0.39 is 6.10 Å². The molecule has 1 aromatic heterocycles. The Balaban J connectivity index is 0.00000208. The van der Waals surface area contributed by atoms with Crippen LogP contribution in [0.15, 0.2) is 11.4 Å². The van der Waals surface area contributed by atoms with Gasteiger partial charge in [-0.05, 0) is 23.4 Å². The molecule has 2 aliphatic rings. The lowest BCUT2D eigenvalue weighted by Gasteiger charge is -2.27. The predicted molar refractivity (Wildman–Crippen MR) is 95.3 cm³/mol. The second kappa shape index (κ2) is 8.80. The molecule has 2 aliphatic heterocycles. The monoisotopic (exact) mass is 373 g/mol. The van der Waals surface area contributed by atoms with Gasteiger partial charge in [-0.1, -0.05) is 0 Å². The first-order valence-corrected chi connectivity index (χ1v) is 9.00. The molecule has 1 fully saturated rings. The van der Waals surface area contributed by atoms with Gasteiger partial charge in [0.25, 0.3) is 0 Å². The first-order chi connectivity index (χ1) is 11.1. The van der Waals surface area contributed by atoms with Crippen LogP contribution < -0.4 is 10.6 Å². The van der Waals surface area contributed by atoms with Crippen molar-refractivity contribution in [3.63, 3.8) is 0 Å². The van der Waals surface area contributed by atoms with Gasteiger partial charge in [0.15, 0.2) is 0 Å². The molecule has 8 heteroatoms. The maximum absolute atomic E-state index is 12.2. The second-order valence-corrected chi connectivity index (χ2v) is 7.22. The van der Waals surface area contributed by atoms with Crippen LogP contribution in [0.25, 0.3) is 0 Å². The van der Waals surface area contributed by atoms with Crippen molar-refractivity contribution in [1.29, 1.82) is 0 Å². The lowest BCUT2D eigenvalue weighted by Crippen LogP contribution is -2.37. The third-order valence-electron chi connectivity index (χ3n) is 4.59. The van der Waals surface area contributed by atoms with Crippen LogP contribution in [0.5, 0.6) is 0 Å². The van der Waals surface area contributed by atoms with Crippen LogP contribution in [-0.4, -0.2) is 54.1 Å². The van der Waals surface area contributed by atoms with Gasteiger partial charge in [0.1, 0.15) is 0 Å². The lowest BCUT2D eigenvalue weighted by atomic mass is 10.1. The number of aliphatic hydroxyl groups excluding tert-OH is 1. The standard InChI is InChI=1S/C16H23N3O3S.ClH/c20-13-9-17-7-12(13)8-18-15(21)1-2-16(22)19-5-3-14-11(10-19)4-6-23-14;/h4,6,12-13,17,20H,1-3,5,7-10H2,(H,18,21);1H. The molecule has 0 saturated carbocycles. The van der Waals surface area contributed by atoms with E-state index in [4.69, 9.17) is 0 Å². The van der Waals surface area contributed by atoms with Gasteiger partial charge in [-0.25, -0.2) is 0 Å². The Morgan fingerprint density at radius 1 is 1.38 bits per heavy atom. The number of β-amino-alcohol motifs (C(OH)–C–C–N with tert-alkyl or cyclic N) is 1. The molecule has 134 valence electrons.